The molecule has 0 bridgehead atoms. The Hall–Kier alpha value is -4.94. The van der Waals surface area contributed by atoms with E-state index in [0.29, 0.717) is 0 Å². The molecule has 0 aliphatic heterocycles. The highest BCUT2D eigenvalue weighted by Crippen LogP contribution is 2.46. The minimum Gasteiger partial charge on any atom is -0.0622 e. The average Bonchev–Trinajstić information content (AvgIpc) is 3.03. The molecule has 0 heterocycles. The van der Waals surface area contributed by atoms with E-state index in [4.69, 9.17) is 0 Å². The zero-order chi connectivity index (χ0) is 28.8. The minimum atomic E-state index is 1.26. The SMILES string of the molecule is Cc1cc(-c2c3ccccc3c(-c3cc(C)c(-c4ccccc4)cc3C)c3ccccc23)c(C)cc1-c1ccccc1. The fourth-order valence-electron chi connectivity index (χ4n) is 6.74. The Morgan fingerprint density at radius 3 is 0.881 bits per heavy atom. The summed E-state index contributed by atoms with van der Waals surface area (Å²) >= 11 is 0. The largest absolute Gasteiger partial charge is 0.0622 e. The molecule has 7 rings (SSSR count). The van der Waals surface area contributed by atoms with Gasteiger partial charge in [-0.15, -0.1) is 0 Å². The van der Waals surface area contributed by atoms with Crippen LogP contribution in [0.5, 0.6) is 0 Å². The van der Waals surface area contributed by atoms with Crippen molar-refractivity contribution in [3.63, 3.8) is 0 Å². The number of fused-ring (bicyclic) bond motifs is 2. The third kappa shape index (κ3) is 4.32. The second-order valence-electron chi connectivity index (χ2n) is 11.5. The smallest absolute Gasteiger partial charge is 0.00236 e. The zero-order valence-electron chi connectivity index (χ0n) is 24.7. The third-order valence-electron chi connectivity index (χ3n) is 8.78. The summed E-state index contributed by atoms with van der Waals surface area (Å²) in [6.07, 6.45) is 0. The second-order valence-corrected chi connectivity index (χ2v) is 11.5. The number of hydrogen-bond donors (Lipinski definition) is 0. The van der Waals surface area contributed by atoms with Gasteiger partial charge in [-0.2, -0.15) is 0 Å². The summed E-state index contributed by atoms with van der Waals surface area (Å²) in [5.74, 6) is 0. The summed E-state index contributed by atoms with van der Waals surface area (Å²) in [6.45, 7) is 9.00. The summed E-state index contributed by atoms with van der Waals surface area (Å²) in [5.41, 5.74) is 15.5. The van der Waals surface area contributed by atoms with Crippen LogP contribution in [0.3, 0.4) is 0 Å². The van der Waals surface area contributed by atoms with Crippen molar-refractivity contribution >= 4 is 21.5 Å². The van der Waals surface area contributed by atoms with Gasteiger partial charge in [0.2, 0.25) is 0 Å². The molecule has 0 saturated carbocycles. The lowest BCUT2D eigenvalue weighted by atomic mass is 9.82. The number of aryl methyl sites for hydroxylation is 4. The third-order valence-corrected chi connectivity index (χ3v) is 8.78. The Balaban J connectivity index is 1.51. The molecule has 0 nitrogen and oxygen atoms in total. The molecule has 0 aromatic heterocycles. The molecule has 0 N–H and O–H groups in total. The van der Waals surface area contributed by atoms with E-state index < -0.39 is 0 Å². The Bertz CT molecular complexity index is 1890. The maximum Gasteiger partial charge on any atom is -0.00236 e. The van der Waals surface area contributed by atoms with Gasteiger partial charge in [-0.1, -0.05) is 133 Å². The molecule has 0 aliphatic carbocycles. The molecule has 7 aromatic rings. The van der Waals surface area contributed by atoms with Gasteiger partial charge < -0.3 is 0 Å². The van der Waals surface area contributed by atoms with E-state index in [1.807, 2.05) is 0 Å². The van der Waals surface area contributed by atoms with Gasteiger partial charge in [0.15, 0.2) is 0 Å². The molecule has 0 atom stereocenters. The van der Waals surface area contributed by atoms with Crippen LogP contribution in [0.2, 0.25) is 0 Å². The maximum atomic E-state index is 2.40. The predicted octanol–water partition coefficient (Wildman–Crippen LogP) is 11.9. The van der Waals surface area contributed by atoms with Crippen molar-refractivity contribution in [2.24, 2.45) is 0 Å². The van der Waals surface area contributed by atoms with E-state index in [1.54, 1.807) is 0 Å². The molecule has 0 unspecified atom stereocenters. The van der Waals surface area contributed by atoms with Crippen molar-refractivity contribution in [2.75, 3.05) is 0 Å². The van der Waals surface area contributed by atoms with Crippen molar-refractivity contribution in [2.45, 2.75) is 27.7 Å². The van der Waals surface area contributed by atoms with Crippen LogP contribution in [-0.4, -0.2) is 0 Å². The summed E-state index contributed by atoms with van der Waals surface area (Å²) in [7, 11) is 0. The van der Waals surface area contributed by atoms with Gasteiger partial charge in [0.1, 0.15) is 0 Å². The van der Waals surface area contributed by atoms with Crippen LogP contribution in [0, 0.1) is 27.7 Å². The van der Waals surface area contributed by atoms with Gasteiger partial charge in [-0.3, -0.25) is 0 Å². The first kappa shape index (κ1) is 26.0. The highest BCUT2D eigenvalue weighted by atomic mass is 14.2. The Kier molecular flexibility index (Phi) is 6.48. The predicted molar refractivity (Wildman–Crippen MR) is 182 cm³/mol. The van der Waals surface area contributed by atoms with Gasteiger partial charge in [-0.05, 0) is 116 Å². The van der Waals surface area contributed by atoms with E-state index >= 15 is 0 Å². The van der Waals surface area contributed by atoms with Gasteiger partial charge >= 0.3 is 0 Å². The summed E-state index contributed by atoms with van der Waals surface area (Å²) in [4.78, 5) is 0. The van der Waals surface area contributed by atoms with Gasteiger partial charge in [-0.25, -0.2) is 0 Å². The lowest BCUT2D eigenvalue weighted by Crippen LogP contribution is -1.96. The topological polar surface area (TPSA) is 0 Å². The molecule has 202 valence electrons. The van der Waals surface area contributed by atoms with Gasteiger partial charge in [0.05, 0.1) is 0 Å². The monoisotopic (exact) mass is 538 g/mol. The van der Waals surface area contributed by atoms with Crippen molar-refractivity contribution in [1.82, 2.24) is 0 Å². The molecular formula is C42H34. The fraction of sp³-hybridized carbons (Fsp3) is 0.0952. The second kappa shape index (κ2) is 10.5. The normalized spacial score (nSPS) is 11.3. The average molecular weight is 539 g/mol. The van der Waals surface area contributed by atoms with Crippen LogP contribution < -0.4 is 0 Å². The van der Waals surface area contributed by atoms with E-state index in [2.05, 4.69) is 161 Å². The number of benzene rings is 7. The zero-order valence-corrected chi connectivity index (χ0v) is 24.7. The fourth-order valence-corrected chi connectivity index (χ4v) is 6.74. The molecule has 0 amide bonds. The van der Waals surface area contributed by atoms with Crippen molar-refractivity contribution in [3.8, 4) is 44.5 Å². The number of rotatable bonds is 4. The summed E-state index contributed by atoms with van der Waals surface area (Å²) in [6, 6.07) is 48.9. The summed E-state index contributed by atoms with van der Waals surface area (Å²) < 4.78 is 0. The molecule has 7 aromatic carbocycles. The van der Waals surface area contributed by atoms with Crippen LogP contribution in [0.4, 0.5) is 0 Å². The first-order valence-corrected chi connectivity index (χ1v) is 14.8. The quantitative estimate of drug-likeness (QED) is 0.196. The van der Waals surface area contributed by atoms with Crippen LogP contribution in [-0.2, 0) is 0 Å². The highest BCUT2D eigenvalue weighted by molar-refractivity contribution is 6.22. The van der Waals surface area contributed by atoms with Crippen molar-refractivity contribution in [3.05, 3.63) is 156 Å². The number of hydrogen-bond acceptors (Lipinski definition) is 0. The van der Waals surface area contributed by atoms with E-state index in [1.165, 1.54) is 88.3 Å². The van der Waals surface area contributed by atoms with E-state index in [-0.39, 0.29) is 0 Å². The van der Waals surface area contributed by atoms with Crippen molar-refractivity contribution < 1.29 is 0 Å². The Morgan fingerprint density at radius 2 is 0.548 bits per heavy atom. The first-order chi connectivity index (χ1) is 20.5. The lowest BCUT2D eigenvalue weighted by Gasteiger charge is -2.21. The van der Waals surface area contributed by atoms with Crippen molar-refractivity contribution in [1.29, 1.82) is 0 Å². The molecule has 0 spiro atoms. The Labute approximate surface area is 248 Å². The van der Waals surface area contributed by atoms with Crippen LogP contribution in [0.1, 0.15) is 22.3 Å². The minimum absolute atomic E-state index is 1.26. The standard InChI is InChI=1S/C42H34/c1-27-25-39(29(3)23-37(27)31-15-7-5-8-16-31)41-33-19-11-13-21-35(33)42(36-22-14-12-20-34(36)41)40-26-28(2)38(24-30(40)4)32-17-9-6-10-18-32/h5-26H,1-4H3. The van der Waals surface area contributed by atoms with Crippen LogP contribution >= 0.6 is 0 Å². The van der Waals surface area contributed by atoms with Crippen LogP contribution in [0.25, 0.3) is 66.1 Å². The van der Waals surface area contributed by atoms with Crippen LogP contribution in [0.15, 0.2) is 133 Å². The van der Waals surface area contributed by atoms with E-state index in [0.717, 1.165) is 0 Å². The van der Waals surface area contributed by atoms with E-state index in [9.17, 15) is 0 Å². The molecule has 0 aliphatic rings. The van der Waals surface area contributed by atoms with Gasteiger partial charge in [0, 0.05) is 0 Å². The maximum absolute atomic E-state index is 2.40. The van der Waals surface area contributed by atoms with Gasteiger partial charge in [0.25, 0.3) is 0 Å². The lowest BCUT2D eigenvalue weighted by molar-refractivity contribution is 1.39. The molecule has 0 fully saturated rings. The molecule has 0 heteroatoms. The first-order valence-electron chi connectivity index (χ1n) is 14.8. The molecule has 42 heavy (non-hydrogen) atoms. The molecule has 0 radical (unpaired) electrons. The molecule has 0 saturated heterocycles. The Morgan fingerprint density at radius 1 is 0.286 bits per heavy atom. The molecular weight excluding hydrogens is 504 g/mol. The highest BCUT2D eigenvalue weighted by Gasteiger charge is 2.20. The summed E-state index contributed by atoms with van der Waals surface area (Å²) in [5, 5.41) is 5.19.